The van der Waals surface area contributed by atoms with E-state index >= 15 is 0 Å². The maximum absolute atomic E-state index is 8.81. The van der Waals surface area contributed by atoms with Crippen molar-refractivity contribution in [1.29, 1.82) is 5.26 Å². The van der Waals surface area contributed by atoms with Gasteiger partial charge in [-0.05, 0) is 36.1 Å². The quantitative estimate of drug-likeness (QED) is 0.733. The topological polar surface area (TPSA) is 33.0 Å². The second-order valence-electron chi connectivity index (χ2n) is 4.45. The third-order valence-corrected chi connectivity index (χ3v) is 2.92. The Kier molecular flexibility index (Phi) is 5.16. The van der Waals surface area contributed by atoms with Gasteiger partial charge in [-0.25, -0.2) is 0 Å². The van der Waals surface area contributed by atoms with Crippen molar-refractivity contribution in [1.82, 2.24) is 0 Å². The van der Waals surface area contributed by atoms with Crippen LogP contribution in [-0.2, 0) is 17.8 Å². The Morgan fingerprint density at radius 3 is 2.53 bits per heavy atom. The second-order valence-corrected chi connectivity index (χ2v) is 4.45. The molecule has 96 valence electrons. The molecule has 2 rings (SSSR count). The van der Waals surface area contributed by atoms with Crippen LogP contribution >= 0.6 is 0 Å². The van der Waals surface area contributed by atoms with Crippen LogP contribution in [0, 0.1) is 11.3 Å². The highest BCUT2D eigenvalue weighted by Crippen LogP contribution is 2.07. The minimum atomic E-state index is 0.574. The molecular weight excluding hydrogens is 234 g/mol. The molecule has 0 unspecified atom stereocenters. The number of nitriles is 1. The van der Waals surface area contributed by atoms with Crippen molar-refractivity contribution in [2.75, 3.05) is 6.61 Å². The molecule has 0 fully saturated rings. The van der Waals surface area contributed by atoms with E-state index in [1.54, 1.807) is 6.07 Å². The van der Waals surface area contributed by atoms with Gasteiger partial charge in [0.1, 0.15) is 0 Å². The smallest absolute Gasteiger partial charge is 0.0991 e. The van der Waals surface area contributed by atoms with Gasteiger partial charge in [-0.1, -0.05) is 42.5 Å². The average molecular weight is 251 g/mol. The van der Waals surface area contributed by atoms with Crippen LogP contribution in [0.2, 0.25) is 0 Å². The number of nitrogens with zero attached hydrogens (tertiary/aromatic N) is 1. The fourth-order valence-corrected chi connectivity index (χ4v) is 1.94. The molecule has 0 aliphatic rings. The highest BCUT2D eigenvalue weighted by molar-refractivity contribution is 5.32. The number of benzene rings is 2. The molecule has 0 spiro atoms. The van der Waals surface area contributed by atoms with Crippen molar-refractivity contribution in [3.8, 4) is 6.07 Å². The molecule has 0 N–H and O–H groups in total. The highest BCUT2D eigenvalue weighted by Gasteiger charge is 1.96. The maximum atomic E-state index is 8.81. The van der Waals surface area contributed by atoms with E-state index in [4.69, 9.17) is 10.00 Å². The van der Waals surface area contributed by atoms with Gasteiger partial charge in [-0.15, -0.1) is 0 Å². The van der Waals surface area contributed by atoms with E-state index in [2.05, 4.69) is 30.3 Å². The summed E-state index contributed by atoms with van der Waals surface area (Å²) < 4.78 is 5.63. The Morgan fingerprint density at radius 2 is 1.74 bits per heavy atom. The maximum Gasteiger partial charge on any atom is 0.0991 e. The minimum Gasteiger partial charge on any atom is -0.377 e. The zero-order valence-electron chi connectivity index (χ0n) is 10.9. The van der Waals surface area contributed by atoms with Crippen LogP contribution < -0.4 is 0 Å². The molecule has 2 heteroatoms. The average Bonchev–Trinajstić information content (AvgIpc) is 2.48. The lowest BCUT2D eigenvalue weighted by Crippen LogP contribution is -1.97. The van der Waals surface area contributed by atoms with Crippen LogP contribution in [-0.4, -0.2) is 6.61 Å². The van der Waals surface area contributed by atoms with E-state index in [1.165, 1.54) is 5.56 Å². The summed E-state index contributed by atoms with van der Waals surface area (Å²) in [6.45, 7) is 1.32. The molecule has 0 aromatic heterocycles. The number of hydrogen-bond donors (Lipinski definition) is 0. The van der Waals surface area contributed by atoms with Crippen molar-refractivity contribution in [3.63, 3.8) is 0 Å². The van der Waals surface area contributed by atoms with Gasteiger partial charge in [0.2, 0.25) is 0 Å². The predicted octanol–water partition coefficient (Wildman–Crippen LogP) is 3.71. The van der Waals surface area contributed by atoms with Crippen LogP contribution in [0.1, 0.15) is 23.1 Å². The summed E-state index contributed by atoms with van der Waals surface area (Å²) in [6.07, 6.45) is 2.06. The Balaban J connectivity index is 1.68. The number of hydrogen-bond acceptors (Lipinski definition) is 2. The van der Waals surface area contributed by atoms with E-state index in [0.717, 1.165) is 25.0 Å². The molecule has 2 aromatic rings. The normalized spacial score (nSPS) is 10.1. The third kappa shape index (κ3) is 4.57. The van der Waals surface area contributed by atoms with Gasteiger partial charge < -0.3 is 4.74 Å². The highest BCUT2D eigenvalue weighted by atomic mass is 16.5. The van der Waals surface area contributed by atoms with Crippen molar-refractivity contribution in [2.45, 2.75) is 19.4 Å². The third-order valence-electron chi connectivity index (χ3n) is 2.92. The number of rotatable bonds is 6. The summed E-state index contributed by atoms with van der Waals surface area (Å²) in [7, 11) is 0. The molecule has 0 bridgehead atoms. The van der Waals surface area contributed by atoms with E-state index in [9.17, 15) is 0 Å². The van der Waals surface area contributed by atoms with E-state index in [0.29, 0.717) is 12.2 Å². The Morgan fingerprint density at radius 1 is 0.947 bits per heavy atom. The van der Waals surface area contributed by atoms with Gasteiger partial charge >= 0.3 is 0 Å². The van der Waals surface area contributed by atoms with E-state index in [-0.39, 0.29) is 0 Å². The number of aryl methyl sites for hydroxylation is 1. The van der Waals surface area contributed by atoms with Crippen LogP contribution in [0.15, 0.2) is 54.6 Å². The molecule has 0 saturated carbocycles. The van der Waals surface area contributed by atoms with Gasteiger partial charge in [0, 0.05) is 6.61 Å². The van der Waals surface area contributed by atoms with Crippen LogP contribution in [0.3, 0.4) is 0 Å². The van der Waals surface area contributed by atoms with Crippen molar-refractivity contribution in [3.05, 3.63) is 71.3 Å². The van der Waals surface area contributed by atoms with Gasteiger partial charge in [-0.2, -0.15) is 5.26 Å². The monoisotopic (exact) mass is 251 g/mol. The lowest BCUT2D eigenvalue weighted by molar-refractivity contribution is 0.118. The van der Waals surface area contributed by atoms with Crippen molar-refractivity contribution in [2.24, 2.45) is 0 Å². The first-order chi connectivity index (χ1) is 9.38. The second kappa shape index (κ2) is 7.35. The summed E-state index contributed by atoms with van der Waals surface area (Å²) in [5, 5.41) is 8.81. The van der Waals surface area contributed by atoms with Gasteiger partial charge in [0.05, 0.1) is 18.2 Å². The molecule has 2 aromatic carbocycles. The molecule has 0 aliphatic heterocycles. The fraction of sp³-hybridized carbons (Fsp3) is 0.235. The molecule has 0 atom stereocenters. The molecule has 0 radical (unpaired) electrons. The molecule has 0 heterocycles. The zero-order valence-corrected chi connectivity index (χ0v) is 10.9. The van der Waals surface area contributed by atoms with Crippen LogP contribution in [0.4, 0.5) is 0 Å². The molecule has 0 saturated heterocycles. The minimum absolute atomic E-state index is 0.574. The van der Waals surface area contributed by atoms with Crippen molar-refractivity contribution < 1.29 is 4.74 Å². The lowest BCUT2D eigenvalue weighted by atomic mass is 10.1. The van der Waals surface area contributed by atoms with E-state index in [1.807, 2.05) is 24.3 Å². The number of ether oxygens (including phenoxy) is 1. The zero-order chi connectivity index (χ0) is 13.3. The first-order valence-corrected chi connectivity index (χ1v) is 6.49. The first kappa shape index (κ1) is 13.3. The largest absolute Gasteiger partial charge is 0.377 e. The first-order valence-electron chi connectivity index (χ1n) is 6.49. The summed E-state index contributed by atoms with van der Waals surface area (Å²) in [4.78, 5) is 0. The van der Waals surface area contributed by atoms with Gasteiger partial charge in [0.25, 0.3) is 0 Å². The summed E-state index contributed by atoms with van der Waals surface area (Å²) in [6, 6.07) is 20.1. The fourth-order valence-electron chi connectivity index (χ4n) is 1.94. The standard InChI is InChI=1S/C17H17NO/c18-13-16-8-4-9-17(12-16)14-19-11-5-10-15-6-2-1-3-7-15/h1-4,6-9,12H,5,10-11,14H2. The molecule has 2 nitrogen and oxygen atoms in total. The Hall–Kier alpha value is -2.11. The van der Waals surface area contributed by atoms with Crippen LogP contribution in [0.25, 0.3) is 0 Å². The molecule has 19 heavy (non-hydrogen) atoms. The lowest BCUT2D eigenvalue weighted by Gasteiger charge is -2.05. The van der Waals surface area contributed by atoms with Gasteiger partial charge in [0.15, 0.2) is 0 Å². The summed E-state index contributed by atoms with van der Waals surface area (Å²) in [5.74, 6) is 0. The Labute approximate surface area is 114 Å². The SMILES string of the molecule is N#Cc1cccc(COCCCc2ccccc2)c1. The summed E-state index contributed by atoms with van der Waals surface area (Å²) >= 11 is 0. The van der Waals surface area contributed by atoms with Crippen molar-refractivity contribution >= 4 is 0 Å². The van der Waals surface area contributed by atoms with Gasteiger partial charge in [-0.3, -0.25) is 0 Å². The Bertz CT molecular complexity index is 543. The predicted molar refractivity (Wildman–Crippen MR) is 75.6 cm³/mol. The summed E-state index contributed by atoms with van der Waals surface area (Å²) in [5.41, 5.74) is 3.08. The van der Waals surface area contributed by atoms with E-state index < -0.39 is 0 Å². The molecular formula is C17H17NO. The molecule has 0 aliphatic carbocycles. The van der Waals surface area contributed by atoms with Crippen LogP contribution in [0.5, 0.6) is 0 Å². The molecule has 0 amide bonds.